The highest BCUT2D eigenvalue weighted by Crippen LogP contribution is 2.12. The quantitative estimate of drug-likeness (QED) is 0.114. The molecule has 0 heterocycles. The minimum Gasteiger partial charge on any atom is -0.479 e. The van der Waals surface area contributed by atoms with Crippen LogP contribution in [0, 0.1) is 0 Å². The number of carbonyl (C=O) groups is 5. The fourth-order valence-corrected chi connectivity index (χ4v) is 3.59. The summed E-state index contributed by atoms with van der Waals surface area (Å²) in [5, 5.41) is 27.1. The number of amides is 3. The van der Waals surface area contributed by atoms with Gasteiger partial charge in [-0.1, -0.05) is 30.3 Å². The zero-order valence-corrected chi connectivity index (χ0v) is 25.2. The van der Waals surface area contributed by atoms with Crippen LogP contribution >= 0.6 is 0 Å². The highest BCUT2D eigenvalue weighted by Gasteiger charge is 2.31. The van der Waals surface area contributed by atoms with Crippen LogP contribution in [0.2, 0.25) is 0 Å². The summed E-state index contributed by atoms with van der Waals surface area (Å²) in [5.41, 5.74) is -0.702. The number of hydrogen-bond donors (Lipinski definition) is 5. The van der Waals surface area contributed by atoms with Crippen molar-refractivity contribution in [2.75, 3.05) is 6.54 Å². The van der Waals surface area contributed by atoms with Crippen LogP contribution in [0.5, 0.6) is 0 Å². The zero-order valence-electron chi connectivity index (χ0n) is 25.2. The van der Waals surface area contributed by atoms with E-state index in [9.17, 15) is 34.2 Å². The fraction of sp³-hybridized carbons (Fsp3) is 0.621. The largest absolute Gasteiger partial charge is 0.479 e. The Bertz CT molecular complexity index is 1030. The average Bonchev–Trinajstić information content (AvgIpc) is 2.86. The number of carboxylic acids is 1. The second-order valence-electron chi connectivity index (χ2n) is 11.7. The van der Waals surface area contributed by atoms with Crippen LogP contribution in [0.15, 0.2) is 30.3 Å². The lowest BCUT2D eigenvalue weighted by Gasteiger charge is -2.25. The van der Waals surface area contributed by atoms with E-state index in [-0.39, 0.29) is 32.4 Å². The molecule has 0 saturated carbocycles. The number of benzene rings is 1. The number of carboxylic acid groups (broad SMARTS) is 1. The Hall–Kier alpha value is -3.87. The van der Waals surface area contributed by atoms with Gasteiger partial charge < -0.3 is 40.4 Å². The van der Waals surface area contributed by atoms with Crippen LogP contribution in [0.1, 0.15) is 79.2 Å². The summed E-state index contributed by atoms with van der Waals surface area (Å²) in [6, 6.07) is 6.34. The number of ether oxygens (including phenoxy) is 3. The van der Waals surface area contributed by atoms with Gasteiger partial charge in [0.2, 0.25) is 5.91 Å². The molecule has 1 aromatic rings. The van der Waals surface area contributed by atoms with Crippen molar-refractivity contribution in [2.24, 2.45) is 0 Å². The van der Waals surface area contributed by atoms with Gasteiger partial charge in [-0.2, -0.15) is 0 Å². The van der Waals surface area contributed by atoms with Gasteiger partial charge in [-0.25, -0.2) is 14.4 Å². The molecule has 0 fully saturated rings. The monoisotopic (exact) mass is 595 g/mol. The van der Waals surface area contributed by atoms with Gasteiger partial charge in [0, 0.05) is 13.0 Å². The molecule has 1 rings (SSSR count). The van der Waals surface area contributed by atoms with Gasteiger partial charge in [0.1, 0.15) is 23.9 Å². The zero-order chi connectivity index (χ0) is 31.9. The minimum absolute atomic E-state index is 0.0481. The van der Waals surface area contributed by atoms with E-state index in [4.69, 9.17) is 14.2 Å². The van der Waals surface area contributed by atoms with E-state index in [1.807, 2.05) is 0 Å². The number of aliphatic carboxylic acids is 1. The molecule has 236 valence electrons. The maximum Gasteiger partial charge on any atom is 0.408 e. The standard InChI is InChI=1S/C29H45N3O10/c1-28(2,3)41-22(33)16-15-21(32-27(39)40-18-19-12-8-7-9-13-19)24(35)31-20(23(34)25(36)37)14-10-11-17-30-26(38)42-29(4,5)6/h7-9,12-13,20-21,23,34H,10-11,14-18H2,1-6H3,(H,30,38)(H,31,35)(H,32,39)(H,36,37). The Balaban J connectivity index is 2.85. The summed E-state index contributed by atoms with van der Waals surface area (Å²) in [6.45, 7) is 10.4. The van der Waals surface area contributed by atoms with E-state index in [0.717, 1.165) is 0 Å². The van der Waals surface area contributed by atoms with Crippen LogP contribution in [0.3, 0.4) is 0 Å². The van der Waals surface area contributed by atoms with Crippen LogP contribution in [0.4, 0.5) is 9.59 Å². The average molecular weight is 596 g/mol. The topological polar surface area (TPSA) is 190 Å². The van der Waals surface area contributed by atoms with E-state index in [0.29, 0.717) is 18.4 Å². The van der Waals surface area contributed by atoms with Crippen molar-refractivity contribution in [3.05, 3.63) is 35.9 Å². The second kappa shape index (κ2) is 17.2. The third-order valence-electron chi connectivity index (χ3n) is 5.45. The maximum atomic E-state index is 13.2. The van der Waals surface area contributed by atoms with Crippen molar-refractivity contribution in [1.29, 1.82) is 0 Å². The highest BCUT2D eigenvalue weighted by atomic mass is 16.6. The van der Waals surface area contributed by atoms with Gasteiger partial charge in [-0.15, -0.1) is 0 Å². The molecule has 1 aromatic carbocycles. The first kappa shape index (κ1) is 36.2. The van der Waals surface area contributed by atoms with Crippen molar-refractivity contribution in [1.82, 2.24) is 16.0 Å². The molecular weight excluding hydrogens is 550 g/mol. The molecule has 0 aromatic heterocycles. The highest BCUT2D eigenvalue weighted by molar-refractivity contribution is 5.87. The summed E-state index contributed by atoms with van der Waals surface area (Å²) in [4.78, 5) is 61.3. The molecule has 3 atom stereocenters. The first-order chi connectivity index (χ1) is 19.5. The summed E-state index contributed by atoms with van der Waals surface area (Å²) >= 11 is 0. The normalized spacial score (nSPS) is 13.6. The lowest BCUT2D eigenvalue weighted by Crippen LogP contribution is -2.54. The molecule has 0 aliphatic rings. The molecule has 0 bridgehead atoms. The molecule has 0 aliphatic carbocycles. The first-order valence-electron chi connectivity index (χ1n) is 13.8. The number of unbranched alkanes of at least 4 members (excludes halogenated alkanes) is 1. The van der Waals surface area contributed by atoms with Crippen LogP contribution in [0.25, 0.3) is 0 Å². The number of aliphatic hydroxyl groups excluding tert-OH is 1. The van der Waals surface area contributed by atoms with Gasteiger partial charge in [0.15, 0.2) is 6.10 Å². The van der Waals surface area contributed by atoms with E-state index in [1.54, 1.807) is 71.9 Å². The summed E-state index contributed by atoms with van der Waals surface area (Å²) in [7, 11) is 0. The second-order valence-corrected chi connectivity index (χ2v) is 11.7. The first-order valence-corrected chi connectivity index (χ1v) is 13.8. The summed E-state index contributed by atoms with van der Waals surface area (Å²) < 4.78 is 15.6. The van der Waals surface area contributed by atoms with Gasteiger partial charge in [0.25, 0.3) is 0 Å². The fourth-order valence-electron chi connectivity index (χ4n) is 3.59. The third-order valence-corrected chi connectivity index (χ3v) is 5.45. The smallest absolute Gasteiger partial charge is 0.408 e. The number of esters is 1. The maximum absolute atomic E-state index is 13.2. The van der Waals surface area contributed by atoms with E-state index in [1.165, 1.54) is 0 Å². The Labute approximate surface area is 246 Å². The van der Waals surface area contributed by atoms with Crippen molar-refractivity contribution < 1.29 is 48.4 Å². The number of hydrogen-bond acceptors (Lipinski definition) is 9. The van der Waals surface area contributed by atoms with Crippen molar-refractivity contribution >= 4 is 30.0 Å². The molecular formula is C29H45N3O10. The minimum atomic E-state index is -1.94. The van der Waals surface area contributed by atoms with Crippen molar-refractivity contribution in [2.45, 2.75) is 110 Å². The predicted molar refractivity (Wildman–Crippen MR) is 152 cm³/mol. The molecule has 3 amide bonds. The van der Waals surface area contributed by atoms with Crippen molar-refractivity contribution in [3.63, 3.8) is 0 Å². The Kier molecular flexibility index (Phi) is 14.8. The molecule has 13 heteroatoms. The molecule has 5 N–H and O–H groups in total. The number of rotatable bonds is 15. The van der Waals surface area contributed by atoms with E-state index in [2.05, 4.69) is 16.0 Å². The van der Waals surface area contributed by atoms with Gasteiger partial charge in [-0.05, 0) is 72.8 Å². The SMILES string of the molecule is CC(C)(C)OC(=O)CCC(NC(=O)OCc1ccccc1)C(=O)NC(CCCCNC(=O)OC(C)(C)C)C(O)C(=O)O. The van der Waals surface area contributed by atoms with E-state index < -0.39 is 59.4 Å². The van der Waals surface area contributed by atoms with Gasteiger partial charge in [0.05, 0.1) is 6.04 Å². The number of nitrogens with one attached hydrogen (secondary N) is 3. The molecule has 0 radical (unpaired) electrons. The van der Waals surface area contributed by atoms with Crippen LogP contribution in [-0.2, 0) is 35.2 Å². The number of alkyl carbamates (subject to hydrolysis) is 2. The lowest BCUT2D eigenvalue weighted by molar-refractivity contribution is -0.155. The van der Waals surface area contributed by atoms with Crippen molar-refractivity contribution in [3.8, 4) is 0 Å². The predicted octanol–water partition coefficient (Wildman–Crippen LogP) is 3.03. The van der Waals surface area contributed by atoms with Crippen LogP contribution < -0.4 is 16.0 Å². The molecule has 0 spiro atoms. The van der Waals surface area contributed by atoms with Gasteiger partial charge in [-0.3, -0.25) is 9.59 Å². The summed E-state index contributed by atoms with van der Waals surface area (Å²) in [6.07, 6.45) is -3.07. The van der Waals surface area contributed by atoms with E-state index >= 15 is 0 Å². The van der Waals surface area contributed by atoms with Crippen LogP contribution in [-0.4, -0.2) is 76.2 Å². The third kappa shape index (κ3) is 16.4. The summed E-state index contributed by atoms with van der Waals surface area (Å²) in [5.74, 6) is -2.96. The molecule has 0 saturated heterocycles. The lowest BCUT2D eigenvalue weighted by atomic mass is 10.0. The molecule has 0 aliphatic heterocycles. The number of carbonyl (C=O) groups excluding carboxylic acids is 4. The van der Waals surface area contributed by atoms with Gasteiger partial charge >= 0.3 is 24.1 Å². The Morgan fingerprint density at radius 3 is 2.02 bits per heavy atom. The Morgan fingerprint density at radius 1 is 0.833 bits per heavy atom. The Morgan fingerprint density at radius 2 is 1.45 bits per heavy atom. The number of aliphatic hydroxyl groups is 1. The molecule has 42 heavy (non-hydrogen) atoms. The molecule has 13 nitrogen and oxygen atoms in total. The molecule has 3 unspecified atom stereocenters.